The average molecular weight is 454 g/mol. The molecule has 2 aliphatic rings. The molecule has 1 saturated heterocycles. The van der Waals surface area contributed by atoms with Gasteiger partial charge in [0.1, 0.15) is 0 Å². The quantitative estimate of drug-likeness (QED) is 0.251. The van der Waals surface area contributed by atoms with Crippen LogP contribution in [0.4, 0.5) is 0 Å². The van der Waals surface area contributed by atoms with Gasteiger partial charge >= 0.3 is 7.12 Å². The lowest BCUT2D eigenvalue weighted by molar-refractivity contribution is 0.00578. The lowest BCUT2D eigenvalue weighted by Gasteiger charge is -2.32. The van der Waals surface area contributed by atoms with Crippen molar-refractivity contribution in [3.63, 3.8) is 0 Å². The molecule has 0 spiro atoms. The Balaban J connectivity index is 1.31. The molecule has 35 heavy (non-hydrogen) atoms. The van der Waals surface area contributed by atoms with E-state index in [9.17, 15) is 0 Å². The molecule has 1 heterocycles. The van der Waals surface area contributed by atoms with Crippen molar-refractivity contribution in [3.8, 4) is 33.4 Å². The van der Waals surface area contributed by atoms with Crippen molar-refractivity contribution in [1.82, 2.24) is 0 Å². The van der Waals surface area contributed by atoms with E-state index in [1.165, 1.54) is 54.9 Å². The van der Waals surface area contributed by atoms with Crippen molar-refractivity contribution in [2.75, 3.05) is 0 Å². The summed E-state index contributed by atoms with van der Waals surface area (Å²) in [5.41, 5.74) is 8.23. The SMILES string of the molecule is CC1(C)OB(c2ccc3cc(-c4ccc5c6c(cccc46)-c4ccccc4-5)ccc3c2)OC1(C)C. The topological polar surface area (TPSA) is 18.5 Å². The average Bonchev–Trinajstić information content (AvgIpc) is 3.30. The van der Waals surface area contributed by atoms with E-state index in [-0.39, 0.29) is 18.3 Å². The van der Waals surface area contributed by atoms with Crippen molar-refractivity contribution >= 4 is 34.1 Å². The van der Waals surface area contributed by atoms with Crippen LogP contribution in [0.15, 0.2) is 91.0 Å². The first kappa shape index (κ1) is 20.9. The second-order valence-corrected chi connectivity index (χ2v) is 10.8. The Kier molecular flexibility index (Phi) is 4.23. The summed E-state index contributed by atoms with van der Waals surface area (Å²) in [5.74, 6) is 0. The van der Waals surface area contributed by atoms with Gasteiger partial charge in [0, 0.05) is 0 Å². The maximum atomic E-state index is 6.27. The number of hydrogen-bond donors (Lipinski definition) is 0. The number of hydrogen-bond acceptors (Lipinski definition) is 2. The minimum absolute atomic E-state index is 0.341. The Morgan fingerprint density at radius 3 is 1.89 bits per heavy atom. The van der Waals surface area contributed by atoms with E-state index in [4.69, 9.17) is 9.31 Å². The van der Waals surface area contributed by atoms with Gasteiger partial charge in [-0.15, -0.1) is 0 Å². The molecule has 0 unspecified atom stereocenters. The Morgan fingerprint density at radius 1 is 0.543 bits per heavy atom. The van der Waals surface area contributed by atoms with Crippen molar-refractivity contribution in [1.29, 1.82) is 0 Å². The van der Waals surface area contributed by atoms with E-state index in [2.05, 4.69) is 119 Å². The van der Waals surface area contributed by atoms with Crippen LogP contribution in [0.25, 0.3) is 54.9 Å². The van der Waals surface area contributed by atoms with E-state index < -0.39 is 0 Å². The normalized spacial score (nSPS) is 17.3. The van der Waals surface area contributed by atoms with Crippen LogP contribution in [-0.4, -0.2) is 18.3 Å². The van der Waals surface area contributed by atoms with E-state index in [0.29, 0.717) is 0 Å². The molecular weight excluding hydrogens is 427 g/mol. The molecule has 5 aromatic carbocycles. The highest BCUT2D eigenvalue weighted by Crippen LogP contribution is 2.49. The Labute approximate surface area is 206 Å². The first-order valence-corrected chi connectivity index (χ1v) is 12.4. The molecule has 1 aliphatic carbocycles. The summed E-state index contributed by atoms with van der Waals surface area (Å²) >= 11 is 0. The highest BCUT2D eigenvalue weighted by molar-refractivity contribution is 6.62. The first-order valence-electron chi connectivity index (χ1n) is 12.4. The minimum Gasteiger partial charge on any atom is -0.399 e. The zero-order valence-corrected chi connectivity index (χ0v) is 20.6. The van der Waals surface area contributed by atoms with Crippen LogP contribution in [0, 0.1) is 0 Å². The van der Waals surface area contributed by atoms with Gasteiger partial charge in [-0.3, -0.25) is 0 Å². The molecule has 3 heteroatoms. The highest BCUT2D eigenvalue weighted by atomic mass is 16.7. The van der Waals surface area contributed by atoms with Crippen LogP contribution in [-0.2, 0) is 9.31 Å². The fourth-order valence-corrected chi connectivity index (χ4v) is 5.62. The summed E-state index contributed by atoms with van der Waals surface area (Å²) in [5, 5.41) is 5.08. The smallest absolute Gasteiger partial charge is 0.399 e. The standard InChI is InChI=1S/C32H27BO2/c1-31(2)32(3,4)35-33(34-31)23-15-14-20-18-22(13-12-21(20)19-23)24-16-17-29-26-9-6-5-8-25(26)28-11-7-10-27(24)30(28)29/h5-19H,1-4H3. The third kappa shape index (κ3) is 2.98. The second-order valence-electron chi connectivity index (χ2n) is 10.8. The van der Waals surface area contributed by atoms with E-state index >= 15 is 0 Å². The van der Waals surface area contributed by atoms with Gasteiger partial charge in [0.15, 0.2) is 0 Å². The molecule has 0 aromatic heterocycles. The molecule has 5 aromatic rings. The van der Waals surface area contributed by atoms with Gasteiger partial charge in [0.05, 0.1) is 11.2 Å². The Bertz CT molecular complexity index is 1620. The van der Waals surface area contributed by atoms with Gasteiger partial charge in [0.25, 0.3) is 0 Å². The third-order valence-electron chi connectivity index (χ3n) is 8.25. The summed E-state index contributed by atoms with van der Waals surface area (Å²) in [6.07, 6.45) is 0. The summed E-state index contributed by atoms with van der Waals surface area (Å²) in [7, 11) is -0.345. The minimum atomic E-state index is -0.345. The largest absolute Gasteiger partial charge is 0.494 e. The molecular formula is C32H27BO2. The van der Waals surface area contributed by atoms with Gasteiger partial charge in [-0.1, -0.05) is 84.9 Å². The van der Waals surface area contributed by atoms with Crippen LogP contribution >= 0.6 is 0 Å². The van der Waals surface area contributed by atoms with Crippen molar-refractivity contribution in [2.45, 2.75) is 38.9 Å². The van der Waals surface area contributed by atoms with Crippen LogP contribution in [0.3, 0.4) is 0 Å². The fourth-order valence-electron chi connectivity index (χ4n) is 5.62. The fraction of sp³-hybridized carbons (Fsp3) is 0.188. The monoisotopic (exact) mass is 454 g/mol. The molecule has 0 radical (unpaired) electrons. The summed E-state index contributed by atoms with van der Waals surface area (Å²) in [6, 6.07) is 33.3. The summed E-state index contributed by atoms with van der Waals surface area (Å²) in [4.78, 5) is 0. The van der Waals surface area contributed by atoms with E-state index in [1.54, 1.807) is 0 Å². The van der Waals surface area contributed by atoms with Crippen molar-refractivity contribution in [2.24, 2.45) is 0 Å². The summed E-state index contributed by atoms with van der Waals surface area (Å²) < 4.78 is 12.5. The van der Waals surface area contributed by atoms with Crippen molar-refractivity contribution in [3.05, 3.63) is 91.0 Å². The molecule has 7 rings (SSSR count). The van der Waals surface area contributed by atoms with Gasteiger partial charge in [-0.25, -0.2) is 0 Å². The van der Waals surface area contributed by atoms with Gasteiger partial charge in [0.2, 0.25) is 0 Å². The molecule has 170 valence electrons. The van der Waals surface area contributed by atoms with Gasteiger partial charge in [-0.2, -0.15) is 0 Å². The predicted molar refractivity (Wildman–Crippen MR) is 147 cm³/mol. The molecule has 0 N–H and O–H groups in total. The lowest BCUT2D eigenvalue weighted by atomic mass is 9.78. The molecule has 0 atom stereocenters. The maximum absolute atomic E-state index is 6.27. The van der Waals surface area contributed by atoms with Crippen LogP contribution < -0.4 is 5.46 Å². The number of benzene rings is 5. The number of rotatable bonds is 2. The van der Waals surface area contributed by atoms with Crippen molar-refractivity contribution < 1.29 is 9.31 Å². The van der Waals surface area contributed by atoms with E-state index in [0.717, 1.165) is 5.46 Å². The maximum Gasteiger partial charge on any atom is 0.494 e. The molecule has 0 saturated carbocycles. The number of fused-ring (bicyclic) bond motifs is 4. The first-order chi connectivity index (χ1) is 16.8. The molecule has 0 amide bonds. The molecule has 1 fully saturated rings. The molecule has 2 nitrogen and oxygen atoms in total. The van der Waals surface area contributed by atoms with Crippen LogP contribution in [0.1, 0.15) is 27.7 Å². The van der Waals surface area contributed by atoms with Gasteiger partial charge in [-0.05, 0) is 94.1 Å². The molecule has 1 aliphatic heterocycles. The zero-order chi connectivity index (χ0) is 23.9. The Hall–Kier alpha value is -3.40. The predicted octanol–water partition coefficient (Wildman–Crippen LogP) is 7.61. The second kappa shape index (κ2) is 7.07. The van der Waals surface area contributed by atoms with E-state index in [1.807, 2.05) is 0 Å². The third-order valence-corrected chi connectivity index (χ3v) is 8.25. The molecule has 0 bridgehead atoms. The Morgan fingerprint density at radius 2 is 1.14 bits per heavy atom. The zero-order valence-electron chi connectivity index (χ0n) is 20.6. The van der Waals surface area contributed by atoms with Crippen LogP contribution in [0.5, 0.6) is 0 Å². The highest BCUT2D eigenvalue weighted by Gasteiger charge is 2.51. The van der Waals surface area contributed by atoms with Crippen LogP contribution in [0.2, 0.25) is 0 Å². The van der Waals surface area contributed by atoms with Gasteiger partial charge < -0.3 is 9.31 Å². The summed E-state index contributed by atoms with van der Waals surface area (Å²) in [6.45, 7) is 8.38. The lowest BCUT2D eigenvalue weighted by Crippen LogP contribution is -2.41.